The third kappa shape index (κ3) is 2.73. The van der Waals surface area contributed by atoms with Gasteiger partial charge in [-0.25, -0.2) is 4.79 Å². The van der Waals surface area contributed by atoms with E-state index in [9.17, 15) is 19.7 Å². The summed E-state index contributed by atoms with van der Waals surface area (Å²) in [6.07, 6.45) is 1.55. The van der Waals surface area contributed by atoms with Crippen molar-refractivity contribution in [2.75, 3.05) is 0 Å². The lowest BCUT2D eigenvalue weighted by atomic mass is 10.2. The normalized spacial score (nSPS) is 15.8. The number of rotatable bonds is 5. The van der Waals surface area contributed by atoms with Crippen molar-refractivity contribution in [2.45, 2.75) is 31.8 Å². The minimum atomic E-state index is -1.08. The largest absolute Gasteiger partial charge is 0.480 e. The van der Waals surface area contributed by atoms with Gasteiger partial charge in [0.05, 0.1) is 10.5 Å². The second-order valence-electron chi connectivity index (χ2n) is 4.39. The first kappa shape index (κ1) is 13.5. The first-order valence-corrected chi connectivity index (χ1v) is 6.58. The molecule has 1 fully saturated rings. The SMILES string of the molecule is CC(C(=O)O)N(C(=O)c1csc([N+](=O)[O-])c1)C1CC1. The second kappa shape index (κ2) is 4.96. The van der Waals surface area contributed by atoms with Gasteiger partial charge in [-0.2, -0.15) is 0 Å². The van der Waals surface area contributed by atoms with Crippen LogP contribution in [0.25, 0.3) is 0 Å². The predicted molar refractivity (Wildman–Crippen MR) is 67.3 cm³/mol. The molecule has 1 aliphatic carbocycles. The molecule has 0 aliphatic heterocycles. The number of carbonyl (C=O) groups excluding carboxylic acids is 1. The molecule has 1 heterocycles. The van der Waals surface area contributed by atoms with E-state index in [1.807, 2.05) is 0 Å². The van der Waals surface area contributed by atoms with Gasteiger partial charge in [0.1, 0.15) is 6.04 Å². The van der Waals surface area contributed by atoms with Crippen molar-refractivity contribution in [3.05, 3.63) is 27.1 Å². The van der Waals surface area contributed by atoms with Crippen molar-refractivity contribution >= 4 is 28.2 Å². The highest BCUT2D eigenvalue weighted by atomic mass is 32.1. The molecule has 1 saturated carbocycles. The van der Waals surface area contributed by atoms with Crippen LogP contribution < -0.4 is 0 Å². The van der Waals surface area contributed by atoms with Gasteiger partial charge in [0, 0.05) is 17.5 Å². The molecule has 1 N–H and O–H groups in total. The monoisotopic (exact) mass is 284 g/mol. The molecule has 19 heavy (non-hydrogen) atoms. The van der Waals surface area contributed by atoms with E-state index in [4.69, 9.17) is 5.11 Å². The molecule has 102 valence electrons. The molecule has 0 aromatic carbocycles. The number of aliphatic carboxylic acids is 1. The van der Waals surface area contributed by atoms with Gasteiger partial charge in [-0.3, -0.25) is 14.9 Å². The van der Waals surface area contributed by atoms with Crippen molar-refractivity contribution in [1.82, 2.24) is 4.90 Å². The van der Waals surface area contributed by atoms with Crippen LogP contribution in [0.15, 0.2) is 11.4 Å². The van der Waals surface area contributed by atoms with E-state index in [1.54, 1.807) is 0 Å². The van der Waals surface area contributed by atoms with E-state index in [1.165, 1.54) is 23.3 Å². The van der Waals surface area contributed by atoms with Crippen LogP contribution in [0.3, 0.4) is 0 Å². The number of hydrogen-bond acceptors (Lipinski definition) is 5. The zero-order valence-corrected chi connectivity index (χ0v) is 10.9. The molecule has 2 rings (SSSR count). The lowest BCUT2D eigenvalue weighted by Crippen LogP contribution is -2.44. The summed E-state index contributed by atoms with van der Waals surface area (Å²) >= 11 is 0.862. The maximum Gasteiger partial charge on any atom is 0.326 e. The zero-order valence-electron chi connectivity index (χ0n) is 10.1. The number of carboxylic acids is 1. The van der Waals surface area contributed by atoms with Crippen molar-refractivity contribution < 1.29 is 19.6 Å². The van der Waals surface area contributed by atoms with Gasteiger partial charge in [0.2, 0.25) is 0 Å². The number of carbonyl (C=O) groups is 2. The van der Waals surface area contributed by atoms with Gasteiger partial charge in [0.25, 0.3) is 5.91 Å². The third-order valence-electron chi connectivity index (χ3n) is 2.96. The third-order valence-corrected chi connectivity index (χ3v) is 3.84. The van der Waals surface area contributed by atoms with Crippen LogP contribution in [-0.2, 0) is 4.79 Å². The molecular weight excluding hydrogens is 272 g/mol. The fourth-order valence-corrected chi connectivity index (χ4v) is 2.51. The first-order valence-electron chi connectivity index (χ1n) is 5.70. The van der Waals surface area contributed by atoms with E-state index in [-0.39, 0.29) is 16.6 Å². The Hall–Kier alpha value is -1.96. The molecule has 8 heteroatoms. The molecule has 7 nitrogen and oxygen atoms in total. The molecule has 1 aromatic rings. The van der Waals surface area contributed by atoms with Crippen molar-refractivity contribution in [3.63, 3.8) is 0 Å². The Morgan fingerprint density at radius 3 is 2.63 bits per heavy atom. The molecule has 0 bridgehead atoms. The Balaban J connectivity index is 2.23. The highest BCUT2D eigenvalue weighted by Gasteiger charge is 2.39. The van der Waals surface area contributed by atoms with Crippen LogP contribution in [0.2, 0.25) is 0 Å². The highest BCUT2D eigenvalue weighted by molar-refractivity contribution is 7.13. The topological polar surface area (TPSA) is 101 Å². The molecular formula is C11H12N2O5S. The number of nitrogens with zero attached hydrogens (tertiary/aromatic N) is 2. The fraction of sp³-hybridized carbons (Fsp3) is 0.455. The summed E-state index contributed by atoms with van der Waals surface area (Å²) in [5.74, 6) is -1.54. The maximum absolute atomic E-state index is 12.3. The summed E-state index contributed by atoms with van der Waals surface area (Å²) in [6, 6.07) is 0.188. The van der Waals surface area contributed by atoms with Crippen LogP contribution in [0, 0.1) is 10.1 Å². The Morgan fingerprint density at radius 1 is 1.58 bits per heavy atom. The predicted octanol–water partition coefficient (Wildman–Crippen LogP) is 1.73. The number of carboxylic acid groups (broad SMARTS) is 1. The standard InChI is InChI=1S/C11H12N2O5S/c1-6(11(15)16)12(8-2-3-8)10(14)7-4-9(13(17)18)19-5-7/h4-6,8H,2-3H2,1H3,(H,15,16). The van der Waals surface area contributed by atoms with Gasteiger partial charge in [-0.15, -0.1) is 0 Å². The van der Waals surface area contributed by atoms with Gasteiger partial charge in [-0.1, -0.05) is 11.3 Å². The summed E-state index contributed by atoms with van der Waals surface area (Å²) in [7, 11) is 0. The summed E-state index contributed by atoms with van der Waals surface area (Å²) in [4.78, 5) is 34.6. The van der Waals surface area contributed by atoms with Crippen molar-refractivity contribution in [2.24, 2.45) is 0 Å². The lowest BCUT2D eigenvalue weighted by molar-refractivity contribution is -0.380. The Kier molecular flexibility index (Phi) is 3.52. The Bertz CT molecular complexity index is 537. The maximum atomic E-state index is 12.3. The van der Waals surface area contributed by atoms with E-state index in [2.05, 4.69) is 0 Å². The number of nitro groups is 1. The van der Waals surface area contributed by atoms with Crippen LogP contribution in [0.4, 0.5) is 5.00 Å². The van der Waals surface area contributed by atoms with Crippen LogP contribution >= 0.6 is 11.3 Å². The molecule has 1 unspecified atom stereocenters. The van der Waals surface area contributed by atoms with Gasteiger partial charge in [0.15, 0.2) is 0 Å². The first-order chi connectivity index (χ1) is 8.91. The summed E-state index contributed by atoms with van der Waals surface area (Å²) in [6.45, 7) is 1.44. The molecule has 1 aliphatic rings. The number of hydrogen-bond donors (Lipinski definition) is 1. The summed E-state index contributed by atoms with van der Waals surface area (Å²) < 4.78 is 0. The van der Waals surface area contributed by atoms with Gasteiger partial charge < -0.3 is 10.0 Å². The average Bonchev–Trinajstić information content (AvgIpc) is 3.04. The van der Waals surface area contributed by atoms with E-state index < -0.39 is 22.8 Å². The van der Waals surface area contributed by atoms with Crippen molar-refractivity contribution in [1.29, 1.82) is 0 Å². The molecule has 0 spiro atoms. The number of thiophene rings is 1. The second-order valence-corrected chi connectivity index (χ2v) is 5.28. The van der Waals surface area contributed by atoms with Gasteiger partial charge in [-0.05, 0) is 19.8 Å². The van der Waals surface area contributed by atoms with Crippen LogP contribution in [0.5, 0.6) is 0 Å². The summed E-state index contributed by atoms with van der Waals surface area (Å²) in [5, 5.41) is 20.9. The van der Waals surface area contributed by atoms with E-state index in [0.29, 0.717) is 0 Å². The van der Waals surface area contributed by atoms with Crippen molar-refractivity contribution in [3.8, 4) is 0 Å². The molecule has 0 radical (unpaired) electrons. The average molecular weight is 284 g/mol. The van der Waals surface area contributed by atoms with E-state index in [0.717, 1.165) is 24.2 Å². The highest BCUT2D eigenvalue weighted by Crippen LogP contribution is 2.32. The Labute approximate surface area is 112 Å². The fourth-order valence-electron chi connectivity index (χ4n) is 1.81. The minimum Gasteiger partial charge on any atom is -0.480 e. The van der Waals surface area contributed by atoms with Crippen LogP contribution in [0.1, 0.15) is 30.1 Å². The molecule has 1 atom stereocenters. The number of amides is 1. The lowest BCUT2D eigenvalue weighted by Gasteiger charge is -2.25. The smallest absolute Gasteiger partial charge is 0.326 e. The Morgan fingerprint density at radius 2 is 2.21 bits per heavy atom. The van der Waals surface area contributed by atoms with Gasteiger partial charge >= 0.3 is 11.0 Å². The molecule has 0 saturated heterocycles. The molecule has 1 aromatic heterocycles. The minimum absolute atomic E-state index is 0.0717. The zero-order chi connectivity index (χ0) is 14.2. The molecule has 1 amide bonds. The quantitative estimate of drug-likeness (QED) is 0.655. The summed E-state index contributed by atoms with van der Waals surface area (Å²) in [5.41, 5.74) is 0.178. The van der Waals surface area contributed by atoms with E-state index >= 15 is 0 Å². The van der Waals surface area contributed by atoms with Crippen LogP contribution in [-0.4, -0.2) is 38.9 Å².